The van der Waals surface area contributed by atoms with E-state index >= 15 is 0 Å². The first-order valence-electron chi connectivity index (χ1n) is 12.4. The van der Waals surface area contributed by atoms with Gasteiger partial charge in [-0.2, -0.15) is 0 Å². The number of pyridine rings is 1. The molecule has 1 unspecified atom stereocenters. The van der Waals surface area contributed by atoms with Gasteiger partial charge in [0.05, 0.1) is 25.4 Å². The number of nitrogens with zero attached hydrogens (tertiary/aromatic N) is 2. The van der Waals surface area contributed by atoms with E-state index in [4.69, 9.17) is 9.47 Å². The molecule has 36 heavy (non-hydrogen) atoms. The van der Waals surface area contributed by atoms with Gasteiger partial charge in [-0.3, -0.25) is 4.98 Å². The number of fused-ring (bicyclic) bond motifs is 1. The number of ether oxygens (including phenoxy) is 2. The quantitative estimate of drug-likeness (QED) is 0.482. The normalized spacial score (nSPS) is 22.6. The molecule has 1 atom stereocenters. The van der Waals surface area contributed by atoms with Crippen LogP contribution in [-0.4, -0.2) is 64.5 Å². The van der Waals surface area contributed by atoms with Gasteiger partial charge in [-0.15, -0.1) is 0 Å². The van der Waals surface area contributed by atoms with Crippen molar-refractivity contribution in [3.05, 3.63) is 71.7 Å². The molecular weight excluding hydrogens is 463 g/mol. The van der Waals surface area contributed by atoms with E-state index in [1.54, 1.807) is 18.2 Å². The van der Waals surface area contributed by atoms with Crippen molar-refractivity contribution in [2.24, 2.45) is 0 Å². The molecule has 1 saturated carbocycles. The molecule has 1 aliphatic heterocycles. The Kier molecular flexibility index (Phi) is 6.92. The van der Waals surface area contributed by atoms with Crippen LogP contribution in [0.15, 0.2) is 54.7 Å². The number of methoxy groups -OCH3 is 1. The van der Waals surface area contributed by atoms with Crippen LogP contribution in [0.25, 0.3) is 10.9 Å². The largest absolute Gasteiger partial charge is 0.497 e. The lowest BCUT2D eigenvalue weighted by Crippen LogP contribution is -2.55. The molecule has 2 heterocycles. The number of aliphatic hydroxyl groups excluding tert-OH is 1. The molecule has 190 valence electrons. The summed E-state index contributed by atoms with van der Waals surface area (Å²) in [5.41, 5.74) is 0.480. The highest BCUT2D eigenvalue weighted by molar-refractivity contribution is 5.84. The zero-order valence-corrected chi connectivity index (χ0v) is 20.3. The summed E-state index contributed by atoms with van der Waals surface area (Å²) >= 11 is 0. The van der Waals surface area contributed by atoms with Crippen LogP contribution in [0, 0.1) is 5.82 Å². The summed E-state index contributed by atoms with van der Waals surface area (Å²) < 4.78 is 25.8. The number of hydrogen-bond acceptors (Lipinski definition) is 6. The van der Waals surface area contributed by atoms with Crippen molar-refractivity contribution in [1.29, 1.82) is 0 Å². The molecular formula is C28H31FN2O5. The van der Waals surface area contributed by atoms with E-state index in [-0.39, 0.29) is 12.2 Å². The number of aliphatic carboxylic acids is 1. The second-order valence-electron chi connectivity index (χ2n) is 9.80. The van der Waals surface area contributed by atoms with Crippen LogP contribution < -0.4 is 4.74 Å². The van der Waals surface area contributed by atoms with Crippen molar-refractivity contribution in [3.63, 3.8) is 0 Å². The van der Waals surface area contributed by atoms with Crippen LogP contribution in [0.3, 0.4) is 0 Å². The SMILES string of the molecule is COc1ccc2ncc(F)c(C(O)COC3(C(=O)O)CCN(C4CC(c5ccccc5)C4)CC3)c2c1. The van der Waals surface area contributed by atoms with E-state index in [9.17, 15) is 19.4 Å². The number of carboxylic acid groups (broad SMARTS) is 1. The summed E-state index contributed by atoms with van der Waals surface area (Å²) in [5, 5.41) is 21.3. The predicted molar refractivity (Wildman–Crippen MR) is 133 cm³/mol. The second kappa shape index (κ2) is 10.1. The Labute approximate surface area is 209 Å². The highest BCUT2D eigenvalue weighted by atomic mass is 19.1. The van der Waals surface area contributed by atoms with Gasteiger partial charge in [-0.25, -0.2) is 9.18 Å². The highest BCUT2D eigenvalue weighted by Crippen LogP contribution is 2.42. The Balaban J connectivity index is 1.23. The van der Waals surface area contributed by atoms with Crippen molar-refractivity contribution < 1.29 is 28.9 Å². The van der Waals surface area contributed by atoms with Gasteiger partial charge in [0.2, 0.25) is 0 Å². The molecule has 2 fully saturated rings. The molecule has 3 aromatic rings. The standard InChI is InChI=1S/C28H31FN2O5/c1-35-21-7-8-24-22(15-21)26(23(29)16-30-24)25(32)17-36-28(27(33)34)9-11-31(12-10-28)20-13-19(14-20)18-5-3-2-4-6-18/h2-8,15-16,19-20,25,32H,9-14,17H2,1H3,(H,33,34). The van der Waals surface area contributed by atoms with Crippen LogP contribution in [0.2, 0.25) is 0 Å². The minimum absolute atomic E-state index is 0.0262. The fraction of sp³-hybridized carbons (Fsp3) is 0.429. The lowest BCUT2D eigenvalue weighted by molar-refractivity contribution is -0.179. The average molecular weight is 495 g/mol. The molecule has 1 aliphatic carbocycles. The Morgan fingerprint density at radius 2 is 1.92 bits per heavy atom. The van der Waals surface area contributed by atoms with Gasteiger partial charge >= 0.3 is 5.97 Å². The molecule has 2 N–H and O–H groups in total. The molecule has 2 aliphatic rings. The topological polar surface area (TPSA) is 92.1 Å². The first-order chi connectivity index (χ1) is 17.4. The Morgan fingerprint density at radius 3 is 2.58 bits per heavy atom. The molecule has 7 nitrogen and oxygen atoms in total. The highest BCUT2D eigenvalue weighted by Gasteiger charge is 2.46. The van der Waals surface area contributed by atoms with Crippen LogP contribution in [0.5, 0.6) is 5.75 Å². The summed E-state index contributed by atoms with van der Waals surface area (Å²) in [5.74, 6) is -0.669. The number of benzene rings is 2. The van der Waals surface area contributed by atoms with Crippen molar-refractivity contribution >= 4 is 16.9 Å². The molecule has 0 radical (unpaired) electrons. The molecule has 0 amide bonds. The molecule has 1 saturated heterocycles. The monoisotopic (exact) mass is 494 g/mol. The third-order valence-electron chi connectivity index (χ3n) is 7.81. The molecule has 0 bridgehead atoms. The molecule has 5 rings (SSSR count). The third kappa shape index (κ3) is 4.68. The van der Waals surface area contributed by atoms with E-state index in [0.29, 0.717) is 54.5 Å². The summed E-state index contributed by atoms with van der Waals surface area (Å²) in [4.78, 5) is 18.7. The lowest BCUT2D eigenvalue weighted by Gasteiger charge is -2.48. The number of aliphatic hydroxyl groups is 1. The van der Waals surface area contributed by atoms with Gasteiger partial charge in [-0.1, -0.05) is 30.3 Å². The van der Waals surface area contributed by atoms with Crippen LogP contribution in [0.4, 0.5) is 4.39 Å². The molecule has 0 spiro atoms. The lowest BCUT2D eigenvalue weighted by atomic mass is 9.74. The van der Waals surface area contributed by atoms with Crippen LogP contribution >= 0.6 is 0 Å². The number of carboxylic acids is 1. The number of halogens is 1. The number of rotatable bonds is 8. The predicted octanol–water partition coefficient (Wildman–Crippen LogP) is 4.30. The minimum atomic E-state index is -1.41. The Hall–Kier alpha value is -3.07. The number of aromatic nitrogens is 1. The van der Waals surface area contributed by atoms with Gasteiger partial charge in [0.15, 0.2) is 5.60 Å². The van der Waals surface area contributed by atoms with Gasteiger partial charge in [-0.05, 0) is 55.4 Å². The molecule has 1 aromatic heterocycles. The van der Waals surface area contributed by atoms with Crippen molar-refractivity contribution in [3.8, 4) is 5.75 Å². The van der Waals surface area contributed by atoms with Gasteiger partial charge in [0.1, 0.15) is 17.7 Å². The molecule has 2 aromatic carbocycles. The smallest absolute Gasteiger partial charge is 0.336 e. The van der Waals surface area contributed by atoms with Crippen molar-refractivity contribution in [2.45, 2.75) is 49.3 Å². The average Bonchev–Trinajstić information content (AvgIpc) is 2.87. The Bertz CT molecular complexity index is 1220. The maximum Gasteiger partial charge on any atom is 0.336 e. The van der Waals surface area contributed by atoms with E-state index in [0.717, 1.165) is 19.0 Å². The summed E-state index contributed by atoms with van der Waals surface area (Å²) in [6.07, 6.45) is 2.47. The number of piperidine rings is 1. The van der Waals surface area contributed by atoms with Gasteiger partial charge in [0, 0.05) is 30.1 Å². The zero-order chi connectivity index (χ0) is 25.3. The van der Waals surface area contributed by atoms with Gasteiger partial charge < -0.3 is 24.6 Å². The zero-order valence-electron chi connectivity index (χ0n) is 20.3. The van der Waals surface area contributed by atoms with E-state index in [1.165, 1.54) is 12.7 Å². The second-order valence-corrected chi connectivity index (χ2v) is 9.80. The van der Waals surface area contributed by atoms with Crippen molar-refractivity contribution in [2.75, 3.05) is 26.8 Å². The number of carbonyl (C=O) groups is 1. The fourth-order valence-electron chi connectivity index (χ4n) is 5.51. The first kappa shape index (κ1) is 24.6. The summed E-state index contributed by atoms with van der Waals surface area (Å²) in [6, 6.07) is 15.9. The summed E-state index contributed by atoms with van der Waals surface area (Å²) in [6.45, 7) is 0.885. The maximum atomic E-state index is 14.7. The maximum absolute atomic E-state index is 14.7. The first-order valence-corrected chi connectivity index (χ1v) is 12.4. The fourth-order valence-corrected chi connectivity index (χ4v) is 5.51. The van der Waals surface area contributed by atoms with Gasteiger partial charge in [0.25, 0.3) is 0 Å². The van der Waals surface area contributed by atoms with E-state index in [1.807, 2.05) is 6.07 Å². The van der Waals surface area contributed by atoms with Crippen molar-refractivity contribution in [1.82, 2.24) is 9.88 Å². The van der Waals surface area contributed by atoms with Crippen LogP contribution in [-0.2, 0) is 9.53 Å². The van der Waals surface area contributed by atoms with E-state index in [2.05, 4.69) is 34.1 Å². The number of likely N-dealkylation sites (tertiary alicyclic amines) is 1. The Morgan fingerprint density at radius 1 is 1.19 bits per heavy atom. The minimum Gasteiger partial charge on any atom is -0.497 e. The number of hydrogen-bond donors (Lipinski definition) is 2. The van der Waals surface area contributed by atoms with Crippen LogP contribution in [0.1, 0.15) is 48.8 Å². The van der Waals surface area contributed by atoms with E-state index < -0.39 is 23.5 Å². The summed E-state index contributed by atoms with van der Waals surface area (Å²) in [7, 11) is 1.50. The third-order valence-corrected chi connectivity index (χ3v) is 7.81. The molecule has 8 heteroatoms.